The molecule has 5 nitrogen and oxygen atoms in total. The topological polar surface area (TPSA) is 47.4 Å². The Hall–Kier alpha value is -1.20. The fraction of sp³-hybridized carbons (Fsp3) is 0.714. The van der Waals surface area contributed by atoms with Gasteiger partial charge in [0.2, 0.25) is 0 Å². The Morgan fingerprint density at radius 1 is 1.42 bits per heavy atom. The first kappa shape index (κ1) is 14.2. The van der Waals surface area contributed by atoms with E-state index < -0.39 is 5.54 Å². The van der Waals surface area contributed by atoms with Gasteiger partial charge in [0.25, 0.3) is 0 Å². The van der Waals surface area contributed by atoms with Gasteiger partial charge in [-0.25, -0.2) is 4.98 Å². The molecule has 1 aromatic rings. The van der Waals surface area contributed by atoms with Gasteiger partial charge in [-0.3, -0.25) is 9.69 Å². The molecule has 0 bridgehead atoms. The smallest absolute Gasteiger partial charge is 0.152 e. The molecule has 0 aromatic carbocycles. The number of aromatic nitrogens is 2. The van der Waals surface area contributed by atoms with Crippen LogP contribution < -0.4 is 0 Å². The highest BCUT2D eigenvalue weighted by Gasteiger charge is 2.34. The Morgan fingerprint density at radius 3 is 2.68 bits per heavy atom. The maximum atomic E-state index is 12.5. The minimum absolute atomic E-state index is 0.275. The quantitative estimate of drug-likeness (QED) is 0.798. The minimum Gasteiger partial charge on any atom is -0.379 e. The average Bonchev–Trinajstić information content (AvgIpc) is 2.82. The van der Waals surface area contributed by atoms with Crippen molar-refractivity contribution in [3.8, 4) is 0 Å². The summed E-state index contributed by atoms with van der Waals surface area (Å²) in [5.41, 5.74) is -0.408. The molecule has 1 aliphatic heterocycles. The summed E-state index contributed by atoms with van der Waals surface area (Å²) < 4.78 is 7.31. The van der Waals surface area contributed by atoms with Gasteiger partial charge in [-0.2, -0.15) is 0 Å². The molecule has 0 unspecified atom stereocenters. The third-order valence-corrected chi connectivity index (χ3v) is 3.98. The summed E-state index contributed by atoms with van der Waals surface area (Å²) in [4.78, 5) is 18.9. The van der Waals surface area contributed by atoms with Crippen LogP contribution in [0.25, 0.3) is 0 Å². The van der Waals surface area contributed by atoms with Crippen molar-refractivity contribution in [3.63, 3.8) is 0 Å². The third kappa shape index (κ3) is 3.22. The Balaban J connectivity index is 1.92. The van der Waals surface area contributed by atoms with E-state index in [-0.39, 0.29) is 5.78 Å². The molecule has 2 heterocycles. The van der Waals surface area contributed by atoms with Gasteiger partial charge in [-0.1, -0.05) is 0 Å². The number of ether oxygens (including phenoxy) is 1. The summed E-state index contributed by atoms with van der Waals surface area (Å²) in [7, 11) is 1.96. The van der Waals surface area contributed by atoms with E-state index in [1.807, 2.05) is 31.7 Å². The van der Waals surface area contributed by atoms with Gasteiger partial charge in [-0.15, -0.1) is 0 Å². The zero-order chi connectivity index (χ0) is 13.9. The molecule has 19 heavy (non-hydrogen) atoms. The van der Waals surface area contributed by atoms with Crippen molar-refractivity contribution in [2.75, 3.05) is 26.3 Å². The van der Waals surface area contributed by atoms with Crippen molar-refractivity contribution in [1.82, 2.24) is 14.5 Å². The van der Waals surface area contributed by atoms with Gasteiger partial charge in [0.05, 0.1) is 18.8 Å². The van der Waals surface area contributed by atoms with Gasteiger partial charge in [0.1, 0.15) is 5.82 Å². The standard InChI is InChI=1S/C14H23N3O2/c1-14(2,17-8-10-19-11-9-17)12(18)4-5-13-15-6-7-16(13)3/h6-7H,4-5,8-11H2,1-3H3. The van der Waals surface area contributed by atoms with E-state index in [0.29, 0.717) is 12.8 Å². The van der Waals surface area contributed by atoms with E-state index in [0.717, 1.165) is 32.1 Å². The highest BCUT2D eigenvalue weighted by atomic mass is 16.5. The van der Waals surface area contributed by atoms with Crippen molar-refractivity contribution in [2.24, 2.45) is 7.05 Å². The van der Waals surface area contributed by atoms with Crippen molar-refractivity contribution < 1.29 is 9.53 Å². The highest BCUT2D eigenvalue weighted by Crippen LogP contribution is 2.19. The molecule has 0 atom stereocenters. The fourth-order valence-electron chi connectivity index (χ4n) is 2.47. The number of rotatable bonds is 5. The highest BCUT2D eigenvalue weighted by molar-refractivity contribution is 5.87. The summed E-state index contributed by atoms with van der Waals surface area (Å²) in [6.07, 6.45) is 4.92. The number of ketones is 1. The van der Waals surface area contributed by atoms with Crippen molar-refractivity contribution in [2.45, 2.75) is 32.2 Å². The molecule has 1 fully saturated rings. The number of carbonyl (C=O) groups excluding carboxylic acids is 1. The van der Waals surface area contributed by atoms with Crippen LogP contribution in [-0.2, 0) is 23.0 Å². The second kappa shape index (κ2) is 5.84. The van der Waals surface area contributed by atoms with Crippen molar-refractivity contribution >= 4 is 5.78 Å². The van der Waals surface area contributed by atoms with Crippen LogP contribution in [0.2, 0.25) is 0 Å². The molecule has 0 radical (unpaired) electrons. The first-order valence-corrected chi connectivity index (χ1v) is 6.84. The van der Waals surface area contributed by atoms with Crippen molar-refractivity contribution in [1.29, 1.82) is 0 Å². The molecular formula is C14H23N3O2. The molecule has 1 aliphatic rings. The number of carbonyl (C=O) groups is 1. The number of nitrogens with zero attached hydrogens (tertiary/aromatic N) is 3. The zero-order valence-corrected chi connectivity index (χ0v) is 12.1. The SMILES string of the molecule is Cn1ccnc1CCC(=O)C(C)(C)N1CCOCC1. The lowest BCUT2D eigenvalue weighted by molar-refractivity contribution is -0.132. The Morgan fingerprint density at radius 2 is 2.11 bits per heavy atom. The van der Waals surface area contributed by atoms with Crippen LogP contribution >= 0.6 is 0 Å². The van der Waals surface area contributed by atoms with E-state index in [1.165, 1.54) is 0 Å². The third-order valence-electron chi connectivity index (χ3n) is 3.98. The average molecular weight is 265 g/mol. The maximum absolute atomic E-state index is 12.5. The summed E-state index contributed by atoms with van der Waals surface area (Å²) in [6.45, 7) is 7.13. The molecule has 1 saturated heterocycles. The lowest BCUT2D eigenvalue weighted by atomic mass is 9.92. The molecule has 0 aliphatic carbocycles. The van der Waals surface area contributed by atoms with E-state index >= 15 is 0 Å². The lowest BCUT2D eigenvalue weighted by Gasteiger charge is -2.39. The number of morpholine rings is 1. The molecule has 106 valence electrons. The number of aryl methyl sites for hydroxylation is 2. The summed E-state index contributed by atoms with van der Waals surface area (Å²) >= 11 is 0. The predicted octanol–water partition coefficient (Wildman–Crippen LogP) is 1.03. The largest absolute Gasteiger partial charge is 0.379 e. The first-order valence-electron chi connectivity index (χ1n) is 6.84. The molecule has 2 rings (SSSR count). The van der Waals surface area contributed by atoms with Gasteiger partial charge in [0.15, 0.2) is 5.78 Å². The number of imidazole rings is 1. The molecule has 0 saturated carbocycles. The second-order valence-electron chi connectivity index (χ2n) is 5.54. The van der Waals surface area contributed by atoms with Gasteiger partial charge in [-0.05, 0) is 13.8 Å². The lowest BCUT2D eigenvalue weighted by Crippen LogP contribution is -2.54. The molecule has 1 aromatic heterocycles. The maximum Gasteiger partial charge on any atom is 0.152 e. The van der Waals surface area contributed by atoms with Crippen molar-refractivity contribution in [3.05, 3.63) is 18.2 Å². The molecule has 5 heteroatoms. The Labute approximate surface area is 114 Å². The van der Waals surface area contributed by atoms with E-state index in [4.69, 9.17) is 4.74 Å². The van der Waals surface area contributed by atoms with E-state index in [9.17, 15) is 4.79 Å². The van der Waals surface area contributed by atoms with E-state index in [1.54, 1.807) is 6.20 Å². The molecular weight excluding hydrogens is 242 g/mol. The summed E-state index contributed by atoms with van der Waals surface area (Å²) in [6, 6.07) is 0. The number of Topliss-reactive ketones (excluding diaryl/α,β-unsaturated/α-hetero) is 1. The van der Waals surface area contributed by atoms with Crippen LogP contribution in [0.4, 0.5) is 0 Å². The first-order chi connectivity index (χ1) is 9.01. The fourth-order valence-corrected chi connectivity index (χ4v) is 2.47. The van der Waals surface area contributed by atoms with Crippen LogP contribution in [-0.4, -0.2) is 52.1 Å². The monoisotopic (exact) mass is 265 g/mol. The number of hydrogen-bond donors (Lipinski definition) is 0. The van der Waals surface area contributed by atoms with Crippen LogP contribution in [0.5, 0.6) is 0 Å². The van der Waals surface area contributed by atoms with Crippen LogP contribution in [0.3, 0.4) is 0 Å². The van der Waals surface area contributed by atoms with E-state index in [2.05, 4.69) is 9.88 Å². The molecule has 0 spiro atoms. The molecule has 0 N–H and O–H groups in total. The van der Waals surface area contributed by atoms with Crippen LogP contribution in [0.15, 0.2) is 12.4 Å². The second-order valence-corrected chi connectivity index (χ2v) is 5.54. The zero-order valence-electron chi connectivity index (χ0n) is 12.1. The summed E-state index contributed by atoms with van der Waals surface area (Å²) in [5, 5.41) is 0. The summed E-state index contributed by atoms with van der Waals surface area (Å²) in [5.74, 6) is 1.24. The predicted molar refractivity (Wildman–Crippen MR) is 73.0 cm³/mol. The van der Waals surface area contributed by atoms with Gasteiger partial charge < -0.3 is 9.30 Å². The Bertz CT molecular complexity index is 434. The van der Waals surface area contributed by atoms with Gasteiger partial charge in [0, 0.05) is 45.4 Å². The normalized spacial score (nSPS) is 17.6. The van der Waals surface area contributed by atoms with Crippen LogP contribution in [0, 0.1) is 0 Å². The minimum atomic E-state index is -0.408. The van der Waals surface area contributed by atoms with Crippen LogP contribution in [0.1, 0.15) is 26.1 Å². The van der Waals surface area contributed by atoms with Gasteiger partial charge >= 0.3 is 0 Å². The molecule has 0 amide bonds. The number of hydrogen-bond acceptors (Lipinski definition) is 4. The Kier molecular flexibility index (Phi) is 4.37.